The van der Waals surface area contributed by atoms with Crippen LogP contribution < -0.4 is 10.2 Å². The van der Waals surface area contributed by atoms with Crippen molar-refractivity contribution in [2.24, 2.45) is 17.8 Å². The number of hydrogen-bond donors (Lipinski definition) is 1. The Morgan fingerprint density at radius 2 is 1.94 bits per heavy atom. The van der Waals surface area contributed by atoms with Crippen molar-refractivity contribution in [2.75, 3.05) is 43.4 Å². The lowest BCUT2D eigenvalue weighted by Gasteiger charge is -2.24. The Bertz CT molecular complexity index is 1240. The number of fused-ring (bicyclic) bond motifs is 2. The molecule has 3 aromatic rings. The summed E-state index contributed by atoms with van der Waals surface area (Å²) in [6, 6.07) is 10.0. The van der Waals surface area contributed by atoms with E-state index in [9.17, 15) is 10.1 Å². The van der Waals surface area contributed by atoms with Crippen LogP contribution in [0.2, 0.25) is 0 Å². The molecule has 0 aromatic carbocycles. The van der Waals surface area contributed by atoms with E-state index in [2.05, 4.69) is 44.4 Å². The Balaban J connectivity index is 1.34. The van der Waals surface area contributed by atoms with E-state index in [1.807, 2.05) is 30.6 Å². The Morgan fingerprint density at radius 3 is 2.66 bits per heavy atom. The lowest BCUT2D eigenvalue weighted by Crippen LogP contribution is -2.27. The molecule has 0 bridgehead atoms. The summed E-state index contributed by atoms with van der Waals surface area (Å²) in [5.41, 5.74) is 4.41. The molecule has 2 aliphatic heterocycles. The monoisotopic (exact) mass is 427 g/mol. The highest BCUT2D eigenvalue weighted by atomic mass is 16.2. The van der Waals surface area contributed by atoms with Gasteiger partial charge in [0.1, 0.15) is 11.8 Å². The molecule has 8 nitrogen and oxygen atoms in total. The van der Waals surface area contributed by atoms with Crippen LogP contribution in [0.4, 0.5) is 11.5 Å². The van der Waals surface area contributed by atoms with E-state index in [1.165, 1.54) is 0 Å². The van der Waals surface area contributed by atoms with Gasteiger partial charge in [0.2, 0.25) is 5.91 Å². The minimum atomic E-state index is 0.0499. The number of nitrogens with zero attached hydrogens (tertiary/aromatic N) is 6. The fraction of sp³-hybridized carbons (Fsp3) is 0.417. The Kier molecular flexibility index (Phi) is 4.40. The summed E-state index contributed by atoms with van der Waals surface area (Å²) in [7, 11) is 2.19. The number of amides is 1. The SMILES string of the molecule is CN1CC2CN(c3cnc(C#N)cc3-c3ccn4nc(NC(=O)C5CC5)cc4c3)CC2C1. The van der Waals surface area contributed by atoms with Crippen LogP contribution >= 0.6 is 0 Å². The fourth-order valence-electron chi connectivity index (χ4n) is 5.21. The molecular formula is C24H25N7O. The molecule has 6 rings (SSSR count). The van der Waals surface area contributed by atoms with Crippen LogP contribution in [-0.4, -0.2) is 58.6 Å². The van der Waals surface area contributed by atoms with E-state index >= 15 is 0 Å². The smallest absolute Gasteiger partial charge is 0.228 e. The third kappa shape index (κ3) is 3.39. The van der Waals surface area contributed by atoms with E-state index in [-0.39, 0.29) is 11.8 Å². The van der Waals surface area contributed by atoms with E-state index in [1.54, 1.807) is 4.52 Å². The summed E-state index contributed by atoms with van der Waals surface area (Å²) in [5, 5.41) is 16.8. The molecule has 2 unspecified atom stereocenters. The molecule has 1 N–H and O–H groups in total. The second-order valence-corrected chi connectivity index (χ2v) is 9.42. The summed E-state index contributed by atoms with van der Waals surface area (Å²) < 4.78 is 1.77. The van der Waals surface area contributed by atoms with Gasteiger partial charge in [-0.3, -0.25) is 4.79 Å². The van der Waals surface area contributed by atoms with Crippen molar-refractivity contribution in [3.05, 3.63) is 42.4 Å². The maximum Gasteiger partial charge on any atom is 0.228 e. The van der Waals surface area contributed by atoms with Crippen LogP contribution in [0, 0.1) is 29.1 Å². The number of carbonyl (C=O) groups excluding carboxylic acids is 1. The average molecular weight is 428 g/mol. The molecule has 3 fully saturated rings. The molecule has 1 aliphatic carbocycles. The number of nitrogens with one attached hydrogen (secondary N) is 1. The van der Waals surface area contributed by atoms with Gasteiger partial charge in [-0.05, 0) is 55.5 Å². The lowest BCUT2D eigenvalue weighted by molar-refractivity contribution is -0.117. The number of rotatable bonds is 4. The van der Waals surface area contributed by atoms with Crippen LogP contribution in [0.25, 0.3) is 16.6 Å². The number of aromatic nitrogens is 3. The summed E-state index contributed by atoms with van der Waals surface area (Å²) >= 11 is 0. The van der Waals surface area contributed by atoms with Gasteiger partial charge in [0.25, 0.3) is 0 Å². The normalized spacial score (nSPS) is 22.8. The molecule has 162 valence electrons. The Labute approximate surface area is 186 Å². The van der Waals surface area contributed by atoms with Crippen molar-refractivity contribution in [3.8, 4) is 17.2 Å². The summed E-state index contributed by atoms with van der Waals surface area (Å²) in [6.07, 6.45) is 5.68. The number of likely N-dealkylation sites (tertiary alicyclic amines) is 1. The molecule has 1 amide bonds. The van der Waals surface area contributed by atoms with Crippen molar-refractivity contribution in [1.82, 2.24) is 19.5 Å². The largest absolute Gasteiger partial charge is 0.369 e. The minimum Gasteiger partial charge on any atom is -0.369 e. The fourth-order valence-corrected chi connectivity index (χ4v) is 5.21. The third-order valence-electron chi connectivity index (χ3n) is 6.98. The van der Waals surface area contributed by atoms with Crippen LogP contribution in [0.5, 0.6) is 0 Å². The van der Waals surface area contributed by atoms with Gasteiger partial charge >= 0.3 is 0 Å². The van der Waals surface area contributed by atoms with Gasteiger partial charge < -0.3 is 15.1 Å². The van der Waals surface area contributed by atoms with Crippen LogP contribution in [0.15, 0.2) is 36.7 Å². The highest BCUT2D eigenvalue weighted by molar-refractivity contribution is 5.94. The number of carbonyl (C=O) groups is 1. The van der Waals surface area contributed by atoms with Gasteiger partial charge in [-0.15, -0.1) is 0 Å². The highest BCUT2D eigenvalue weighted by Gasteiger charge is 2.39. The van der Waals surface area contributed by atoms with Gasteiger partial charge in [-0.2, -0.15) is 10.4 Å². The average Bonchev–Trinajstić information content (AvgIpc) is 3.33. The number of hydrogen-bond acceptors (Lipinski definition) is 6. The van der Waals surface area contributed by atoms with E-state index < -0.39 is 0 Å². The number of pyridine rings is 2. The second kappa shape index (κ2) is 7.31. The zero-order chi connectivity index (χ0) is 21.8. The molecule has 2 saturated heterocycles. The Hall–Kier alpha value is -3.44. The summed E-state index contributed by atoms with van der Waals surface area (Å²) in [5.74, 6) is 2.12. The van der Waals surface area contributed by atoms with Gasteiger partial charge in [0, 0.05) is 49.9 Å². The van der Waals surface area contributed by atoms with Crippen molar-refractivity contribution in [2.45, 2.75) is 12.8 Å². The summed E-state index contributed by atoms with van der Waals surface area (Å²) in [4.78, 5) is 21.3. The molecule has 3 aromatic heterocycles. The number of nitriles is 1. The third-order valence-corrected chi connectivity index (χ3v) is 6.98. The van der Waals surface area contributed by atoms with Crippen molar-refractivity contribution in [1.29, 1.82) is 5.26 Å². The van der Waals surface area contributed by atoms with Crippen LogP contribution in [0.3, 0.4) is 0 Å². The maximum atomic E-state index is 12.1. The van der Waals surface area contributed by atoms with Gasteiger partial charge in [-0.25, -0.2) is 9.50 Å². The first-order chi connectivity index (χ1) is 15.6. The zero-order valence-electron chi connectivity index (χ0n) is 18.0. The first-order valence-electron chi connectivity index (χ1n) is 11.2. The number of anilines is 2. The van der Waals surface area contributed by atoms with Crippen molar-refractivity contribution in [3.63, 3.8) is 0 Å². The standard InChI is InChI=1S/C24H25N7O/c1-29-11-17-13-30(14-18(17)12-29)22-10-26-19(9-25)7-21(22)16-4-5-31-20(6-16)8-23(28-31)27-24(32)15-2-3-15/h4-8,10,15,17-18H,2-3,11-14H2,1H3,(H,27,28,32). The van der Waals surface area contributed by atoms with Gasteiger partial charge in [0.15, 0.2) is 5.82 Å². The van der Waals surface area contributed by atoms with E-state index in [4.69, 9.17) is 0 Å². The van der Waals surface area contributed by atoms with Gasteiger partial charge in [-0.1, -0.05) is 0 Å². The lowest BCUT2D eigenvalue weighted by atomic mass is 10.0. The van der Waals surface area contributed by atoms with Crippen LogP contribution in [-0.2, 0) is 4.79 Å². The predicted molar refractivity (Wildman–Crippen MR) is 121 cm³/mol. The van der Waals surface area contributed by atoms with Crippen molar-refractivity contribution >= 4 is 22.9 Å². The topological polar surface area (TPSA) is 89.6 Å². The predicted octanol–water partition coefficient (Wildman–Crippen LogP) is 2.61. The van der Waals surface area contributed by atoms with Crippen molar-refractivity contribution < 1.29 is 4.79 Å². The highest BCUT2D eigenvalue weighted by Crippen LogP contribution is 2.38. The quantitative estimate of drug-likeness (QED) is 0.689. The Morgan fingerprint density at radius 1 is 1.16 bits per heavy atom. The minimum absolute atomic E-state index is 0.0499. The second-order valence-electron chi connectivity index (χ2n) is 9.42. The molecule has 32 heavy (non-hydrogen) atoms. The van der Waals surface area contributed by atoms with E-state index in [0.717, 1.165) is 61.4 Å². The molecule has 0 spiro atoms. The van der Waals surface area contributed by atoms with E-state index in [0.29, 0.717) is 23.3 Å². The molecule has 2 atom stereocenters. The van der Waals surface area contributed by atoms with Crippen LogP contribution in [0.1, 0.15) is 18.5 Å². The molecule has 0 radical (unpaired) electrons. The first kappa shape index (κ1) is 19.3. The molecule has 3 aliphatic rings. The maximum absolute atomic E-state index is 12.1. The molecular weight excluding hydrogens is 402 g/mol. The molecule has 8 heteroatoms. The molecule has 5 heterocycles. The van der Waals surface area contributed by atoms with Gasteiger partial charge in [0.05, 0.1) is 17.4 Å². The first-order valence-corrected chi connectivity index (χ1v) is 11.2. The molecule has 1 saturated carbocycles. The summed E-state index contributed by atoms with van der Waals surface area (Å²) in [6.45, 7) is 4.30. The zero-order valence-corrected chi connectivity index (χ0v) is 18.0.